The summed E-state index contributed by atoms with van der Waals surface area (Å²) in [6, 6.07) is 40.7. The van der Waals surface area contributed by atoms with Gasteiger partial charge in [-0.1, -0.05) is 44.0 Å². The highest BCUT2D eigenvalue weighted by Gasteiger charge is 2.29. The van der Waals surface area contributed by atoms with Crippen LogP contribution in [0, 0.1) is 11.8 Å². The average Bonchev–Trinajstić information content (AvgIpc) is 0.738. The lowest BCUT2D eigenvalue weighted by atomic mass is 9.82. The van der Waals surface area contributed by atoms with Crippen molar-refractivity contribution in [3.05, 3.63) is 176 Å². The van der Waals surface area contributed by atoms with Gasteiger partial charge in [0.25, 0.3) is 0 Å². The molecule has 17 nitrogen and oxygen atoms in total. The molecular formula is C73H78N2O15. The van der Waals surface area contributed by atoms with E-state index in [0.717, 1.165) is 126 Å². The van der Waals surface area contributed by atoms with E-state index >= 15 is 0 Å². The molecule has 0 unspecified atom stereocenters. The van der Waals surface area contributed by atoms with Crippen molar-refractivity contribution >= 4 is 67.5 Å². The van der Waals surface area contributed by atoms with E-state index in [1.54, 1.807) is 0 Å². The summed E-state index contributed by atoms with van der Waals surface area (Å²) in [6.07, 6.45) is 13.9. The number of nitrogens with zero attached hydrogens (tertiary/aromatic N) is 2. The number of hydrogen-bond acceptors (Lipinski definition) is 17. The van der Waals surface area contributed by atoms with Gasteiger partial charge >= 0.3 is 23.9 Å². The lowest BCUT2D eigenvalue weighted by Gasteiger charge is -2.27. The van der Waals surface area contributed by atoms with E-state index in [-0.39, 0.29) is 44.3 Å². The Bertz CT molecular complexity index is 3690. The van der Waals surface area contributed by atoms with Crippen LogP contribution in [0.2, 0.25) is 0 Å². The van der Waals surface area contributed by atoms with Crippen LogP contribution in [-0.4, -0.2) is 93.3 Å². The number of carbonyl (C=O) groups excluding carboxylic acids is 4. The van der Waals surface area contributed by atoms with E-state index in [1.807, 2.05) is 127 Å². The zero-order valence-corrected chi connectivity index (χ0v) is 50.9. The number of carbonyl (C=O) groups is 4. The second-order valence-corrected chi connectivity index (χ2v) is 21.9. The third-order valence-electron chi connectivity index (χ3n) is 15.4. The van der Waals surface area contributed by atoms with Gasteiger partial charge in [-0.05, 0) is 202 Å². The van der Waals surface area contributed by atoms with Crippen LogP contribution in [0.5, 0.6) is 40.2 Å². The van der Waals surface area contributed by atoms with Gasteiger partial charge in [0.1, 0.15) is 66.7 Å². The molecule has 7 aromatic carbocycles. The number of hydrogen-bond donors (Lipinski definition) is 0. The second-order valence-electron chi connectivity index (χ2n) is 21.9. The summed E-state index contributed by atoms with van der Waals surface area (Å²) in [4.78, 5) is 58.0. The molecule has 470 valence electrons. The van der Waals surface area contributed by atoms with E-state index in [0.29, 0.717) is 104 Å². The van der Waals surface area contributed by atoms with Crippen LogP contribution in [0.1, 0.15) is 88.2 Å². The molecule has 1 fully saturated rings. The lowest BCUT2D eigenvalue weighted by molar-refractivity contribution is -0.141. The van der Waals surface area contributed by atoms with Gasteiger partial charge in [-0.25, -0.2) is 24.4 Å². The van der Waals surface area contributed by atoms with Crippen molar-refractivity contribution in [2.45, 2.75) is 90.3 Å². The predicted molar refractivity (Wildman–Crippen MR) is 344 cm³/mol. The zero-order valence-electron chi connectivity index (χ0n) is 50.9. The second kappa shape index (κ2) is 34.3. The maximum Gasteiger partial charge on any atom is 0.330 e. The Balaban J connectivity index is 0.801. The SMILES string of the molecule is C=CC(=O)OCCCCCCOc1ccc(OCc2ccc(COc3ccc4c5ccc(OC(=O)C6CCC(COc7ccc(OCCCCCCOC(=O)C=C)cc7)CC6)cc5c5nc6cc(OCCOCCOC(=O)C=C)ccc6nc5c4c3)cc2)cc1. The van der Waals surface area contributed by atoms with Gasteiger partial charge < -0.3 is 52.1 Å². The summed E-state index contributed by atoms with van der Waals surface area (Å²) in [5.74, 6) is 3.26. The molecule has 0 radical (unpaired) electrons. The fraction of sp³-hybridized carbons (Fsp3) is 0.342. The first-order valence-corrected chi connectivity index (χ1v) is 30.9. The van der Waals surface area contributed by atoms with Crippen molar-refractivity contribution in [3.8, 4) is 40.2 Å². The molecule has 0 bridgehead atoms. The van der Waals surface area contributed by atoms with E-state index in [1.165, 1.54) is 12.2 Å². The Morgan fingerprint density at radius 1 is 0.389 bits per heavy atom. The molecule has 8 aromatic rings. The van der Waals surface area contributed by atoms with Crippen molar-refractivity contribution < 1.29 is 71.3 Å². The molecule has 0 spiro atoms. The van der Waals surface area contributed by atoms with Gasteiger partial charge in [-0.2, -0.15) is 0 Å². The summed E-state index contributed by atoms with van der Waals surface area (Å²) >= 11 is 0. The number of aromatic nitrogens is 2. The molecular weight excluding hydrogens is 1140 g/mol. The van der Waals surface area contributed by atoms with Gasteiger partial charge in [0.2, 0.25) is 0 Å². The molecule has 0 N–H and O–H groups in total. The normalized spacial score (nSPS) is 13.7. The lowest BCUT2D eigenvalue weighted by Crippen LogP contribution is -2.27. The summed E-state index contributed by atoms with van der Waals surface area (Å²) in [7, 11) is 0. The molecule has 1 saturated carbocycles. The van der Waals surface area contributed by atoms with E-state index in [4.69, 9.17) is 62.1 Å². The van der Waals surface area contributed by atoms with Crippen LogP contribution in [0.25, 0.3) is 43.6 Å². The molecule has 1 aliphatic rings. The monoisotopic (exact) mass is 1220 g/mol. The summed E-state index contributed by atoms with van der Waals surface area (Å²) in [6.45, 7) is 14.4. The van der Waals surface area contributed by atoms with Gasteiger partial charge in [0.05, 0.1) is 74.2 Å². The van der Waals surface area contributed by atoms with Crippen LogP contribution in [-0.2, 0) is 51.3 Å². The van der Waals surface area contributed by atoms with Crippen molar-refractivity contribution in [1.82, 2.24) is 9.97 Å². The van der Waals surface area contributed by atoms with Crippen LogP contribution in [0.15, 0.2) is 165 Å². The zero-order chi connectivity index (χ0) is 62.7. The van der Waals surface area contributed by atoms with E-state index in [9.17, 15) is 19.2 Å². The molecule has 0 amide bonds. The summed E-state index contributed by atoms with van der Waals surface area (Å²) in [5, 5.41) is 3.47. The van der Waals surface area contributed by atoms with Crippen molar-refractivity contribution in [3.63, 3.8) is 0 Å². The van der Waals surface area contributed by atoms with Gasteiger partial charge in [-0.15, -0.1) is 0 Å². The van der Waals surface area contributed by atoms with Crippen LogP contribution >= 0.6 is 0 Å². The third-order valence-corrected chi connectivity index (χ3v) is 15.4. The third kappa shape index (κ3) is 19.8. The predicted octanol–water partition coefficient (Wildman–Crippen LogP) is 14.5. The van der Waals surface area contributed by atoms with Crippen LogP contribution < -0.4 is 33.2 Å². The minimum Gasteiger partial charge on any atom is -0.494 e. The highest BCUT2D eigenvalue weighted by atomic mass is 16.6. The van der Waals surface area contributed by atoms with Crippen molar-refractivity contribution in [1.29, 1.82) is 0 Å². The number of unbranched alkanes of at least 4 members (excludes halogenated alkanes) is 6. The van der Waals surface area contributed by atoms with Crippen molar-refractivity contribution in [2.75, 3.05) is 59.5 Å². The maximum atomic E-state index is 13.9. The molecule has 0 saturated heterocycles. The topological polar surface area (TPSA) is 196 Å². The summed E-state index contributed by atoms with van der Waals surface area (Å²) < 4.78 is 63.4. The highest BCUT2D eigenvalue weighted by molar-refractivity contribution is 6.24. The Hall–Kier alpha value is -9.48. The molecule has 0 atom stereocenters. The first kappa shape index (κ1) is 65.0. The first-order chi connectivity index (χ1) is 44.1. The molecule has 90 heavy (non-hydrogen) atoms. The molecule has 1 heterocycles. The largest absolute Gasteiger partial charge is 0.494 e. The Morgan fingerprint density at radius 3 is 1.37 bits per heavy atom. The van der Waals surface area contributed by atoms with E-state index < -0.39 is 11.9 Å². The molecule has 17 heteroatoms. The number of benzene rings is 7. The average molecular weight is 1220 g/mol. The van der Waals surface area contributed by atoms with Gasteiger partial charge in [0.15, 0.2) is 0 Å². The van der Waals surface area contributed by atoms with Gasteiger partial charge in [-0.3, -0.25) is 4.79 Å². The van der Waals surface area contributed by atoms with Gasteiger partial charge in [0, 0.05) is 35.1 Å². The standard InChI is InChI=1S/C73H78N2O15/c1-4-68(76)84-39-13-9-7-11-37-81-55-23-27-57(28-24-55)87-48-51-15-17-52(18-16-51)50-89-59-31-34-62-63-35-32-61(46-65(63)72-71(64(62)45-59)74-66-36-33-60(47-67(66)75-72)83-43-41-80-42-44-86-70(78)6-3)90-73(79)54-21-19-53(20-22-54)49-88-58-29-25-56(26-30-58)82-38-12-8-10-14-40-85-69(77)5-2/h4-6,15-18,23-36,45-47,53-54H,1-3,7-14,19-22,37-44,48-50H2. The minimum atomic E-state index is -0.505. The number of esters is 4. The quantitative estimate of drug-likeness (QED) is 0.00677. The van der Waals surface area contributed by atoms with Crippen LogP contribution in [0.4, 0.5) is 0 Å². The number of fused-ring (bicyclic) bond motifs is 7. The highest BCUT2D eigenvalue weighted by Crippen LogP contribution is 2.39. The smallest absolute Gasteiger partial charge is 0.330 e. The Kier molecular flexibility index (Phi) is 24.8. The summed E-state index contributed by atoms with van der Waals surface area (Å²) in [5.41, 5.74) is 4.56. The van der Waals surface area contributed by atoms with E-state index in [2.05, 4.69) is 19.7 Å². The molecule has 9 rings (SSSR count). The van der Waals surface area contributed by atoms with Crippen LogP contribution in [0.3, 0.4) is 0 Å². The Labute approximate surface area is 524 Å². The molecule has 0 aliphatic heterocycles. The minimum absolute atomic E-state index is 0.113. The fourth-order valence-electron chi connectivity index (χ4n) is 10.4. The number of rotatable bonds is 37. The number of ether oxygens (including phenoxy) is 11. The molecule has 1 aromatic heterocycles. The Morgan fingerprint density at radius 2 is 0.811 bits per heavy atom. The van der Waals surface area contributed by atoms with Crippen molar-refractivity contribution in [2.24, 2.45) is 11.8 Å². The maximum absolute atomic E-state index is 13.9. The fourth-order valence-corrected chi connectivity index (χ4v) is 10.4. The molecule has 1 aliphatic carbocycles. The first-order valence-electron chi connectivity index (χ1n) is 30.9.